The molecular weight excluding hydrogens is 230 g/mol. The second-order valence-electron chi connectivity index (χ2n) is 3.15. The lowest BCUT2D eigenvalue weighted by Crippen LogP contribution is -2.10. The average molecular weight is 242 g/mol. The summed E-state index contributed by atoms with van der Waals surface area (Å²) in [6, 6.07) is 3.81. The number of nitrogens with zero attached hydrogens (tertiary/aromatic N) is 1. The van der Waals surface area contributed by atoms with E-state index in [2.05, 4.69) is 20.9 Å². The zero-order chi connectivity index (χ0) is 9.84. The maximum absolute atomic E-state index is 11.0. The molecule has 1 aromatic heterocycles. The fourth-order valence-corrected chi connectivity index (χ4v) is 1.42. The van der Waals surface area contributed by atoms with Gasteiger partial charge in [-0.25, -0.2) is 0 Å². The van der Waals surface area contributed by atoms with E-state index in [1.54, 1.807) is 13.1 Å². The average Bonchev–Trinajstić information content (AvgIpc) is 2.08. The van der Waals surface area contributed by atoms with Crippen LogP contribution in [-0.4, -0.2) is 10.8 Å². The van der Waals surface area contributed by atoms with Gasteiger partial charge in [-0.1, -0.05) is 6.92 Å². The van der Waals surface area contributed by atoms with E-state index < -0.39 is 0 Å². The van der Waals surface area contributed by atoms with Crippen LogP contribution in [0.1, 0.15) is 19.5 Å². The quantitative estimate of drug-likeness (QED) is 0.815. The molecule has 1 aromatic rings. The van der Waals surface area contributed by atoms with Crippen LogP contribution in [0, 0.1) is 5.92 Å². The number of hydrogen-bond donors (Lipinski definition) is 0. The molecular formula is C10H12BrNO. The van der Waals surface area contributed by atoms with E-state index in [4.69, 9.17) is 0 Å². The highest BCUT2D eigenvalue weighted by atomic mass is 79.9. The molecule has 0 saturated carbocycles. The van der Waals surface area contributed by atoms with Crippen LogP contribution in [0.5, 0.6) is 0 Å². The van der Waals surface area contributed by atoms with E-state index in [1.807, 2.05) is 19.1 Å². The summed E-state index contributed by atoms with van der Waals surface area (Å²) in [4.78, 5) is 15.2. The summed E-state index contributed by atoms with van der Waals surface area (Å²) in [5.41, 5.74) is 0.949. The van der Waals surface area contributed by atoms with E-state index in [1.165, 1.54) is 0 Å². The minimum Gasteiger partial charge on any atom is -0.300 e. The summed E-state index contributed by atoms with van der Waals surface area (Å²) in [5.74, 6) is 0.253. The van der Waals surface area contributed by atoms with Gasteiger partial charge in [0.05, 0.1) is 5.69 Å². The molecule has 2 nitrogen and oxygen atoms in total. The molecule has 0 aliphatic heterocycles. The molecule has 0 bridgehead atoms. The molecule has 70 valence electrons. The van der Waals surface area contributed by atoms with Gasteiger partial charge >= 0.3 is 0 Å². The Bertz CT molecular complexity index is 312. The Morgan fingerprint density at radius 3 is 2.92 bits per heavy atom. The van der Waals surface area contributed by atoms with Crippen molar-refractivity contribution < 1.29 is 4.79 Å². The zero-order valence-corrected chi connectivity index (χ0v) is 9.34. The first-order valence-electron chi connectivity index (χ1n) is 4.21. The number of aromatic nitrogens is 1. The number of hydrogen-bond acceptors (Lipinski definition) is 2. The standard InChI is InChI=1S/C10H12BrNO/c1-7(8(2)13)6-10-9(11)4-3-5-12-10/h3-5,7H,6H2,1-2H3. The first kappa shape index (κ1) is 10.4. The van der Waals surface area contributed by atoms with Crippen LogP contribution in [0.25, 0.3) is 0 Å². The third kappa shape index (κ3) is 2.92. The summed E-state index contributed by atoms with van der Waals surface area (Å²) in [6.45, 7) is 3.53. The summed E-state index contributed by atoms with van der Waals surface area (Å²) in [6.07, 6.45) is 2.45. The second-order valence-corrected chi connectivity index (χ2v) is 4.00. The Balaban J connectivity index is 2.74. The van der Waals surface area contributed by atoms with Crippen molar-refractivity contribution in [2.75, 3.05) is 0 Å². The van der Waals surface area contributed by atoms with Gasteiger partial charge in [0.25, 0.3) is 0 Å². The number of carbonyl (C=O) groups excluding carboxylic acids is 1. The largest absolute Gasteiger partial charge is 0.300 e. The Kier molecular flexibility index (Phi) is 3.60. The molecule has 0 aromatic carbocycles. The van der Waals surface area contributed by atoms with Gasteiger partial charge in [0, 0.05) is 23.0 Å². The summed E-state index contributed by atoms with van der Waals surface area (Å²) in [7, 11) is 0. The smallest absolute Gasteiger partial charge is 0.133 e. The van der Waals surface area contributed by atoms with Crippen LogP contribution >= 0.6 is 15.9 Å². The van der Waals surface area contributed by atoms with Crippen molar-refractivity contribution >= 4 is 21.7 Å². The molecule has 0 aliphatic rings. The Labute approximate surface area is 86.5 Å². The van der Waals surface area contributed by atoms with Crippen LogP contribution in [-0.2, 0) is 11.2 Å². The van der Waals surface area contributed by atoms with Crippen molar-refractivity contribution in [2.45, 2.75) is 20.3 Å². The number of halogens is 1. The van der Waals surface area contributed by atoms with E-state index in [9.17, 15) is 4.79 Å². The van der Waals surface area contributed by atoms with Gasteiger partial charge in [-0.15, -0.1) is 0 Å². The molecule has 1 heterocycles. The molecule has 0 fully saturated rings. The molecule has 0 N–H and O–H groups in total. The van der Waals surface area contributed by atoms with Gasteiger partial charge in [-0.3, -0.25) is 9.78 Å². The Morgan fingerprint density at radius 1 is 1.69 bits per heavy atom. The van der Waals surface area contributed by atoms with Crippen molar-refractivity contribution in [3.05, 3.63) is 28.5 Å². The SMILES string of the molecule is CC(=O)C(C)Cc1ncccc1Br. The highest BCUT2D eigenvalue weighted by Gasteiger charge is 2.10. The predicted molar refractivity (Wildman–Crippen MR) is 55.5 cm³/mol. The van der Waals surface area contributed by atoms with Crippen LogP contribution in [0.3, 0.4) is 0 Å². The lowest BCUT2D eigenvalue weighted by atomic mass is 10.0. The number of carbonyl (C=O) groups is 1. The van der Waals surface area contributed by atoms with Gasteiger partial charge in [-0.05, 0) is 35.0 Å². The molecule has 3 heteroatoms. The minimum atomic E-state index is 0.0474. The summed E-state index contributed by atoms with van der Waals surface area (Å²) < 4.78 is 0.975. The van der Waals surface area contributed by atoms with Crippen LogP contribution < -0.4 is 0 Å². The maximum Gasteiger partial charge on any atom is 0.133 e. The molecule has 0 amide bonds. The van der Waals surface area contributed by atoms with Crippen LogP contribution in [0.4, 0.5) is 0 Å². The van der Waals surface area contributed by atoms with E-state index in [-0.39, 0.29) is 11.7 Å². The molecule has 13 heavy (non-hydrogen) atoms. The van der Waals surface area contributed by atoms with E-state index in [0.29, 0.717) is 6.42 Å². The first-order valence-corrected chi connectivity index (χ1v) is 5.00. The second kappa shape index (κ2) is 4.51. The lowest BCUT2D eigenvalue weighted by Gasteiger charge is -2.07. The van der Waals surface area contributed by atoms with Gasteiger partial charge in [-0.2, -0.15) is 0 Å². The topological polar surface area (TPSA) is 30.0 Å². The fraction of sp³-hybridized carbons (Fsp3) is 0.400. The highest BCUT2D eigenvalue weighted by Crippen LogP contribution is 2.17. The highest BCUT2D eigenvalue weighted by molar-refractivity contribution is 9.10. The van der Waals surface area contributed by atoms with Gasteiger partial charge in [0.15, 0.2) is 0 Å². The number of ketones is 1. The van der Waals surface area contributed by atoms with Crippen molar-refractivity contribution in [3.63, 3.8) is 0 Å². The number of pyridine rings is 1. The lowest BCUT2D eigenvalue weighted by molar-refractivity contribution is -0.120. The summed E-state index contributed by atoms with van der Waals surface area (Å²) in [5, 5.41) is 0. The number of Topliss-reactive ketones (excluding diaryl/α,β-unsaturated/α-hetero) is 1. The zero-order valence-electron chi connectivity index (χ0n) is 7.75. The van der Waals surface area contributed by atoms with E-state index in [0.717, 1.165) is 10.2 Å². The van der Waals surface area contributed by atoms with Gasteiger partial charge < -0.3 is 0 Å². The van der Waals surface area contributed by atoms with Crippen LogP contribution in [0.2, 0.25) is 0 Å². The fourth-order valence-electron chi connectivity index (χ4n) is 1.00. The van der Waals surface area contributed by atoms with Gasteiger partial charge in [0.1, 0.15) is 5.78 Å². The first-order chi connectivity index (χ1) is 6.11. The van der Waals surface area contributed by atoms with Crippen molar-refractivity contribution in [3.8, 4) is 0 Å². The molecule has 1 atom stereocenters. The Hall–Kier alpha value is -0.700. The molecule has 1 rings (SSSR count). The monoisotopic (exact) mass is 241 g/mol. The molecule has 0 radical (unpaired) electrons. The van der Waals surface area contributed by atoms with Crippen LogP contribution in [0.15, 0.2) is 22.8 Å². The summed E-state index contributed by atoms with van der Waals surface area (Å²) >= 11 is 3.40. The minimum absolute atomic E-state index is 0.0474. The third-order valence-electron chi connectivity index (χ3n) is 2.03. The third-order valence-corrected chi connectivity index (χ3v) is 2.75. The van der Waals surface area contributed by atoms with E-state index >= 15 is 0 Å². The maximum atomic E-state index is 11.0. The molecule has 0 saturated heterocycles. The molecule has 0 aliphatic carbocycles. The van der Waals surface area contributed by atoms with Gasteiger partial charge in [0.2, 0.25) is 0 Å². The Morgan fingerprint density at radius 2 is 2.38 bits per heavy atom. The number of rotatable bonds is 3. The molecule has 0 spiro atoms. The molecule has 1 unspecified atom stereocenters. The normalized spacial score (nSPS) is 12.5. The van der Waals surface area contributed by atoms with Crippen molar-refractivity contribution in [1.82, 2.24) is 4.98 Å². The van der Waals surface area contributed by atoms with Crippen molar-refractivity contribution in [1.29, 1.82) is 0 Å². The predicted octanol–water partition coefficient (Wildman–Crippen LogP) is 2.61. The van der Waals surface area contributed by atoms with Crippen molar-refractivity contribution in [2.24, 2.45) is 5.92 Å².